The van der Waals surface area contributed by atoms with Crippen LogP contribution in [0.3, 0.4) is 0 Å². The quantitative estimate of drug-likeness (QED) is 0.779. The van der Waals surface area contributed by atoms with Crippen LogP contribution in [-0.4, -0.2) is 25.2 Å². The Hall–Kier alpha value is -1.02. The summed E-state index contributed by atoms with van der Waals surface area (Å²) in [5.41, 5.74) is 4.34. The highest BCUT2D eigenvalue weighted by molar-refractivity contribution is 5.55. The highest BCUT2D eigenvalue weighted by Crippen LogP contribution is 2.24. The highest BCUT2D eigenvalue weighted by atomic mass is 15.2. The second-order valence-corrected chi connectivity index (χ2v) is 5.52. The lowest BCUT2D eigenvalue weighted by Gasteiger charge is -2.41. The maximum Gasteiger partial charge on any atom is 0.0399 e. The molecule has 1 saturated heterocycles. The van der Waals surface area contributed by atoms with Gasteiger partial charge in [-0.1, -0.05) is 12.1 Å². The molecule has 1 aromatic rings. The molecule has 1 aliphatic rings. The molecule has 0 radical (unpaired) electrons. The SMILES string of the molecule is Cc1ccc(C)c(N2CCNC(C)(C)C2)c1. The van der Waals surface area contributed by atoms with Crippen molar-refractivity contribution in [3.05, 3.63) is 29.3 Å². The fraction of sp³-hybridized carbons (Fsp3) is 0.571. The predicted molar refractivity (Wildman–Crippen MR) is 70.2 cm³/mol. The van der Waals surface area contributed by atoms with Gasteiger partial charge in [0.15, 0.2) is 0 Å². The third kappa shape index (κ3) is 2.38. The number of hydrogen-bond acceptors (Lipinski definition) is 2. The van der Waals surface area contributed by atoms with Crippen LogP contribution in [0.1, 0.15) is 25.0 Å². The first-order chi connectivity index (χ1) is 7.48. The number of rotatable bonds is 1. The number of nitrogens with one attached hydrogen (secondary N) is 1. The minimum absolute atomic E-state index is 0.217. The van der Waals surface area contributed by atoms with E-state index in [1.165, 1.54) is 16.8 Å². The summed E-state index contributed by atoms with van der Waals surface area (Å²) >= 11 is 0. The van der Waals surface area contributed by atoms with E-state index >= 15 is 0 Å². The maximum absolute atomic E-state index is 3.55. The van der Waals surface area contributed by atoms with Gasteiger partial charge in [0.1, 0.15) is 0 Å². The van der Waals surface area contributed by atoms with Crippen LogP contribution < -0.4 is 10.2 Å². The first-order valence-corrected chi connectivity index (χ1v) is 6.05. The minimum atomic E-state index is 0.217. The fourth-order valence-electron chi connectivity index (χ4n) is 2.41. The van der Waals surface area contributed by atoms with Gasteiger partial charge in [0.2, 0.25) is 0 Å². The van der Waals surface area contributed by atoms with Crippen molar-refractivity contribution < 1.29 is 0 Å². The van der Waals surface area contributed by atoms with E-state index in [0.29, 0.717) is 0 Å². The van der Waals surface area contributed by atoms with Gasteiger partial charge in [-0.2, -0.15) is 0 Å². The molecule has 0 spiro atoms. The van der Waals surface area contributed by atoms with Crippen LogP contribution in [0, 0.1) is 13.8 Å². The Morgan fingerprint density at radius 3 is 2.69 bits per heavy atom. The summed E-state index contributed by atoms with van der Waals surface area (Å²) < 4.78 is 0. The van der Waals surface area contributed by atoms with Gasteiger partial charge in [0.25, 0.3) is 0 Å². The Balaban J connectivity index is 2.26. The first-order valence-electron chi connectivity index (χ1n) is 6.05. The molecule has 2 heteroatoms. The minimum Gasteiger partial charge on any atom is -0.368 e. The largest absolute Gasteiger partial charge is 0.368 e. The third-order valence-corrected chi connectivity index (χ3v) is 3.28. The van der Waals surface area contributed by atoms with Crippen LogP contribution in [0.15, 0.2) is 18.2 Å². The van der Waals surface area contributed by atoms with Crippen molar-refractivity contribution in [3.8, 4) is 0 Å². The number of piperazine rings is 1. The Bertz CT molecular complexity index is 382. The fourth-order valence-corrected chi connectivity index (χ4v) is 2.41. The van der Waals surface area contributed by atoms with Crippen molar-refractivity contribution in [1.29, 1.82) is 0 Å². The van der Waals surface area contributed by atoms with Gasteiger partial charge in [-0.05, 0) is 44.9 Å². The van der Waals surface area contributed by atoms with E-state index in [4.69, 9.17) is 0 Å². The molecule has 1 aromatic carbocycles. The van der Waals surface area contributed by atoms with Crippen molar-refractivity contribution >= 4 is 5.69 Å². The Morgan fingerprint density at radius 2 is 2.00 bits per heavy atom. The molecule has 0 saturated carbocycles. The van der Waals surface area contributed by atoms with Crippen LogP contribution in [0.4, 0.5) is 5.69 Å². The lowest BCUT2D eigenvalue weighted by molar-refractivity contribution is 0.353. The number of anilines is 1. The second kappa shape index (κ2) is 4.10. The number of aryl methyl sites for hydroxylation is 2. The summed E-state index contributed by atoms with van der Waals surface area (Å²) in [5.74, 6) is 0. The second-order valence-electron chi connectivity index (χ2n) is 5.52. The number of nitrogens with zero attached hydrogens (tertiary/aromatic N) is 1. The molecule has 0 amide bonds. The van der Waals surface area contributed by atoms with Crippen LogP contribution in [-0.2, 0) is 0 Å². The summed E-state index contributed by atoms with van der Waals surface area (Å²) in [6.45, 7) is 12.2. The van der Waals surface area contributed by atoms with Crippen LogP contribution >= 0.6 is 0 Å². The molecule has 0 aliphatic carbocycles. The van der Waals surface area contributed by atoms with Gasteiger partial charge in [-0.25, -0.2) is 0 Å². The van der Waals surface area contributed by atoms with Gasteiger partial charge in [0.05, 0.1) is 0 Å². The van der Waals surface area contributed by atoms with Crippen molar-refractivity contribution in [2.45, 2.75) is 33.2 Å². The summed E-state index contributed by atoms with van der Waals surface area (Å²) in [6.07, 6.45) is 0. The van der Waals surface area contributed by atoms with Crippen molar-refractivity contribution in [2.75, 3.05) is 24.5 Å². The van der Waals surface area contributed by atoms with E-state index < -0.39 is 0 Å². The molecule has 1 aliphatic heterocycles. The van der Waals surface area contributed by atoms with Gasteiger partial charge >= 0.3 is 0 Å². The zero-order valence-corrected chi connectivity index (χ0v) is 10.8. The average Bonchev–Trinajstić information content (AvgIpc) is 2.20. The molecular weight excluding hydrogens is 196 g/mol. The summed E-state index contributed by atoms with van der Waals surface area (Å²) in [7, 11) is 0. The first kappa shape index (κ1) is 11.5. The average molecular weight is 218 g/mol. The Kier molecular flexibility index (Phi) is 2.94. The van der Waals surface area contributed by atoms with Crippen LogP contribution in [0.5, 0.6) is 0 Å². The summed E-state index contributed by atoms with van der Waals surface area (Å²) in [5, 5.41) is 3.55. The topological polar surface area (TPSA) is 15.3 Å². The maximum atomic E-state index is 3.55. The zero-order valence-electron chi connectivity index (χ0n) is 10.8. The van der Waals surface area contributed by atoms with Crippen molar-refractivity contribution in [1.82, 2.24) is 5.32 Å². The molecule has 2 nitrogen and oxygen atoms in total. The van der Waals surface area contributed by atoms with Crippen molar-refractivity contribution in [3.63, 3.8) is 0 Å². The highest BCUT2D eigenvalue weighted by Gasteiger charge is 2.26. The van der Waals surface area contributed by atoms with E-state index in [9.17, 15) is 0 Å². The Morgan fingerprint density at radius 1 is 1.25 bits per heavy atom. The predicted octanol–water partition coefficient (Wildman–Crippen LogP) is 2.49. The molecule has 0 bridgehead atoms. The molecule has 1 N–H and O–H groups in total. The summed E-state index contributed by atoms with van der Waals surface area (Å²) in [6, 6.07) is 6.71. The van der Waals surface area contributed by atoms with Crippen LogP contribution in [0.25, 0.3) is 0 Å². The van der Waals surface area contributed by atoms with Gasteiger partial charge < -0.3 is 10.2 Å². The van der Waals surface area contributed by atoms with E-state index in [1.807, 2.05) is 0 Å². The van der Waals surface area contributed by atoms with Crippen LogP contribution in [0.2, 0.25) is 0 Å². The lowest BCUT2D eigenvalue weighted by Crippen LogP contribution is -2.57. The monoisotopic (exact) mass is 218 g/mol. The normalized spacial score (nSPS) is 19.9. The van der Waals surface area contributed by atoms with Gasteiger partial charge in [-0.3, -0.25) is 0 Å². The molecular formula is C14H22N2. The molecule has 1 heterocycles. The molecule has 88 valence electrons. The van der Waals surface area contributed by atoms with E-state index in [2.05, 4.69) is 56.1 Å². The lowest BCUT2D eigenvalue weighted by atomic mass is 10.0. The molecule has 0 atom stereocenters. The molecule has 16 heavy (non-hydrogen) atoms. The van der Waals surface area contributed by atoms with Gasteiger partial charge in [0, 0.05) is 30.9 Å². The smallest absolute Gasteiger partial charge is 0.0399 e. The van der Waals surface area contributed by atoms with E-state index in [1.54, 1.807) is 0 Å². The van der Waals surface area contributed by atoms with Crippen molar-refractivity contribution in [2.24, 2.45) is 0 Å². The molecule has 1 fully saturated rings. The number of hydrogen-bond donors (Lipinski definition) is 1. The Labute approximate surface area is 98.7 Å². The van der Waals surface area contributed by atoms with Gasteiger partial charge in [-0.15, -0.1) is 0 Å². The number of benzene rings is 1. The zero-order chi connectivity index (χ0) is 11.8. The molecule has 0 unspecified atom stereocenters. The van der Waals surface area contributed by atoms with E-state index in [-0.39, 0.29) is 5.54 Å². The standard InChI is InChI=1S/C14H22N2/c1-11-5-6-12(2)13(9-11)16-8-7-15-14(3,4)10-16/h5-6,9,15H,7-8,10H2,1-4H3. The third-order valence-electron chi connectivity index (χ3n) is 3.28. The summed E-state index contributed by atoms with van der Waals surface area (Å²) in [4.78, 5) is 2.50. The molecule has 2 rings (SSSR count). The van der Waals surface area contributed by atoms with E-state index in [0.717, 1.165) is 19.6 Å². The molecule has 0 aromatic heterocycles.